The lowest BCUT2D eigenvalue weighted by atomic mass is 9.95. The Balaban J connectivity index is 2.05. The molecule has 0 amide bonds. The highest BCUT2D eigenvalue weighted by molar-refractivity contribution is 6.30. The van der Waals surface area contributed by atoms with Crippen molar-refractivity contribution in [1.29, 1.82) is 0 Å². The molecule has 2 aromatic heterocycles. The third-order valence-corrected chi connectivity index (χ3v) is 4.33. The number of imidazole rings is 1. The summed E-state index contributed by atoms with van der Waals surface area (Å²) >= 11 is 6.56. The minimum Gasteiger partial charge on any atom is -0.317 e. The highest BCUT2D eigenvalue weighted by Crippen LogP contribution is 2.33. The quantitative estimate of drug-likeness (QED) is 0.927. The molecule has 0 aromatic carbocycles. The Hall–Kier alpha value is -1.46. The van der Waals surface area contributed by atoms with Gasteiger partial charge in [-0.25, -0.2) is 14.4 Å². The summed E-state index contributed by atoms with van der Waals surface area (Å²) in [6.45, 7) is 5.70. The first kappa shape index (κ1) is 14.5. The summed E-state index contributed by atoms with van der Waals surface area (Å²) in [5, 5.41) is 3.94. The molecule has 1 saturated heterocycles. The zero-order valence-electron chi connectivity index (χ0n) is 12.2. The van der Waals surface area contributed by atoms with E-state index in [1.807, 2.05) is 18.4 Å². The van der Waals surface area contributed by atoms with Crippen LogP contribution in [0.4, 0.5) is 4.39 Å². The van der Waals surface area contributed by atoms with Gasteiger partial charge in [-0.15, -0.1) is 0 Å². The maximum absolute atomic E-state index is 13.2. The smallest absolute Gasteiger partial charge is 0.142 e. The molecule has 4 nitrogen and oxygen atoms in total. The number of piperidine rings is 1. The average molecular weight is 309 g/mol. The number of nitrogens with one attached hydrogen (secondary N) is 1. The molecule has 1 N–H and O–H groups in total. The lowest BCUT2D eigenvalue weighted by Gasteiger charge is -2.21. The van der Waals surface area contributed by atoms with Crippen LogP contribution in [0.1, 0.15) is 35.8 Å². The highest BCUT2D eigenvalue weighted by Gasteiger charge is 2.24. The number of aromatic nitrogens is 3. The number of pyridine rings is 1. The number of hydrogen-bond donors (Lipinski definition) is 1. The molecule has 21 heavy (non-hydrogen) atoms. The van der Waals surface area contributed by atoms with Crippen molar-refractivity contribution < 1.29 is 4.39 Å². The van der Waals surface area contributed by atoms with Crippen molar-refractivity contribution in [2.24, 2.45) is 0 Å². The molecule has 0 radical (unpaired) electrons. The van der Waals surface area contributed by atoms with Crippen molar-refractivity contribution in [3.63, 3.8) is 0 Å². The fourth-order valence-corrected chi connectivity index (χ4v) is 3.29. The van der Waals surface area contributed by atoms with E-state index in [1.165, 1.54) is 12.3 Å². The van der Waals surface area contributed by atoms with Gasteiger partial charge in [-0.2, -0.15) is 0 Å². The van der Waals surface area contributed by atoms with Gasteiger partial charge < -0.3 is 5.32 Å². The lowest BCUT2D eigenvalue weighted by Crippen LogP contribution is -2.26. The average Bonchev–Trinajstić information content (AvgIpc) is 2.76. The second-order valence-electron chi connectivity index (χ2n) is 5.49. The summed E-state index contributed by atoms with van der Waals surface area (Å²) in [5.74, 6) is 1.46. The Labute approximate surface area is 128 Å². The third-order valence-electron chi connectivity index (χ3n) is 3.97. The highest BCUT2D eigenvalue weighted by atomic mass is 35.5. The van der Waals surface area contributed by atoms with Crippen molar-refractivity contribution in [1.82, 2.24) is 19.9 Å². The van der Waals surface area contributed by atoms with Crippen molar-refractivity contribution in [3.05, 3.63) is 40.3 Å². The van der Waals surface area contributed by atoms with Gasteiger partial charge in [0, 0.05) is 5.92 Å². The topological polar surface area (TPSA) is 42.7 Å². The molecule has 0 unspecified atom stereocenters. The molecule has 1 aliphatic rings. The molecule has 0 bridgehead atoms. The Morgan fingerprint density at radius 2 is 2.05 bits per heavy atom. The first-order valence-corrected chi connectivity index (χ1v) is 7.53. The molecule has 3 heterocycles. The maximum Gasteiger partial charge on any atom is 0.142 e. The van der Waals surface area contributed by atoms with Gasteiger partial charge in [0.15, 0.2) is 0 Å². The van der Waals surface area contributed by atoms with Crippen LogP contribution in [0.15, 0.2) is 12.3 Å². The predicted octanol–water partition coefficient (Wildman–Crippen LogP) is 3.14. The van der Waals surface area contributed by atoms with E-state index < -0.39 is 0 Å². The summed E-state index contributed by atoms with van der Waals surface area (Å²) in [6.07, 6.45) is 3.28. The third kappa shape index (κ3) is 2.68. The lowest BCUT2D eigenvalue weighted by molar-refractivity contribution is 0.454. The molecule has 2 aromatic rings. The van der Waals surface area contributed by atoms with Crippen molar-refractivity contribution in [3.8, 4) is 5.82 Å². The van der Waals surface area contributed by atoms with E-state index in [0.29, 0.717) is 16.9 Å². The first-order chi connectivity index (χ1) is 10.1. The second kappa shape index (κ2) is 5.73. The van der Waals surface area contributed by atoms with Gasteiger partial charge in [0.2, 0.25) is 0 Å². The molecule has 1 fully saturated rings. The predicted molar refractivity (Wildman–Crippen MR) is 80.6 cm³/mol. The number of hydrogen-bond acceptors (Lipinski definition) is 3. The van der Waals surface area contributed by atoms with Crippen LogP contribution < -0.4 is 5.32 Å². The van der Waals surface area contributed by atoms with Crippen LogP contribution in [0, 0.1) is 19.7 Å². The molecule has 0 aliphatic carbocycles. The van der Waals surface area contributed by atoms with Crippen LogP contribution in [-0.4, -0.2) is 27.6 Å². The Bertz CT molecular complexity index is 662. The molecule has 3 rings (SSSR count). The summed E-state index contributed by atoms with van der Waals surface area (Å²) in [7, 11) is 0. The van der Waals surface area contributed by atoms with Gasteiger partial charge in [-0.05, 0) is 51.4 Å². The van der Waals surface area contributed by atoms with E-state index in [-0.39, 0.29) is 5.82 Å². The van der Waals surface area contributed by atoms with Crippen LogP contribution in [0.3, 0.4) is 0 Å². The van der Waals surface area contributed by atoms with Gasteiger partial charge in [0.05, 0.1) is 11.9 Å². The number of nitrogens with zero attached hydrogens (tertiary/aromatic N) is 3. The Kier molecular flexibility index (Phi) is 3.95. The number of halogens is 2. The standard InChI is InChI=1S/C15H18ClFN4/c1-9-7-12(17)8-19-15(9)21-10(2)20-13(14(21)16)11-3-5-18-6-4-11/h7-8,11,18H,3-6H2,1-2H3. The second-order valence-corrected chi connectivity index (χ2v) is 5.85. The molecular weight excluding hydrogens is 291 g/mol. The van der Waals surface area contributed by atoms with Crippen LogP contribution in [0.2, 0.25) is 5.15 Å². The Morgan fingerprint density at radius 3 is 2.71 bits per heavy atom. The fraction of sp³-hybridized carbons (Fsp3) is 0.467. The van der Waals surface area contributed by atoms with Crippen LogP contribution in [0.5, 0.6) is 0 Å². The normalized spacial score (nSPS) is 16.4. The summed E-state index contributed by atoms with van der Waals surface area (Å²) in [4.78, 5) is 8.82. The van der Waals surface area contributed by atoms with Gasteiger partial charge in [-0.1, -0.05) is 11.6 Å². The molecule has 6 heteroatoms. The van der Waals surface area contributed by atoms with Crippen molar-refractivity contribution in [2.75, 3.05) is 13.1 Å². The molecule has 0 spiro atoms. The van der Waals surface area contributed by atoms with E-state index in [0.717, 1.165) is 43.0 Å². The van der Waals surface area contributed by atoms with E-state index in [2.05, 4.69) is 15.3 Å². The van der Waals surface area contributed by atoms with Gasteiger partial charge >= 0.3 is 0 Å². The maximum atomic E-state index is 13.2. The first-order valence-electron chi connectivity index (χ1n) is 7.16. The van der Waals surface area contributed by atoms with Crippen molar-refractivity contribution >= 4 is 11.6 Å². The van der Waals surface area contributed by atoms with Crippen LogP contribution >= 0.6 is 11.6 Å². The van der Waals surface area contributed by atoms with E-state index in [9.17, 15) is 4.39 Å². The van der Waals surface area contributed by atoms with E-state index in [1.54, 1.807) is 0 Å². The fourth-order valence-electron chi connectivity index (χ4n) is 2.90. The van der Waals surface area contributed by atoms with Crippen LogP contribution in [-0.2, 0) is 0 Å². The minimum atomic E-state index is -0.344. The molecule has 1 aliphatic heterocycles. The minimum absolute atomic E-state index is 0.344. The van der Waals surface area contributed by atoms with E-state index in [4.69, 9.17) is 11.6 Å². The molecular formula is C15H18ClFN4. The number of aryl methyl sites for hydroxylation is 2. The SMILES string of the molecule is Cc1cc(F)cnc1-n1c(C)nc(C2CCNCC2)c1Cl. The number of rotatable bonds is 2. The Morgan fingerprint density at radius 1 is 1.33 bits per heavy atom. The summed E-state index contributed by atoms with van der Waals surface area (Å²) in [6, 6.07) is 1.46. The van der Waals surface area contributed by atoms with Gasteiger partial charge in [0.25, 0.3) is 0 Å². The van der Waals surface area contributed by atoms with E-state index >= 15 is 0 Å². The summed E-state index contributed by atoms with van der Waals surface area (Å²) in [5.41, 5.74) is 1.68. The molecule has 112 valence electrons. The molecule has 0 saturated carbocycles. The van der Waals surface area contributed by atoms with Crippen molar-refractivity contribution in [2.45, 2.75) is 32.6 Å². The molecule has 0 atom stereocenters. The van der Waals surface area contributed by atoms with Gasteiger partial charge in [0.1, 0.15) is 22.6 Å². The zero-order valence-corrected chi connectivity index (χ0v) is 12.9. The van der Waals surface area contributed by atoms with Gasteiger partial charge in [-0.3, -0.25) is 4.57 Å². The summed E-state index contributed by atoms with van der Waals surface area (Å²) < 4.78 is 15.0. The van der Waals surface area contributed by atoms with Crippen LogP contribution in [0.25, 0.3) is 5.82 Å². The monoisotopic (exact) mass is 308 g/mol. The largest absolute Gasteiger partial charge is 0.317 e. The zero-order chi connectivity index (χ0) is 15.0.